The Morgan fingerprint density at radius 2 is 2.14 bits per heavy atom. The average molecular weight is 294 g/mol. The molecule has 1 aromatic carbocycles. The lowest BCUT2D eigenvalue weighted by atomic mass is 10.00. The van der Waals surface area contributed by atoms with Gasteiger partial charge in [0.25, 0.3) is 0 Å². The molecule has 1 aliphatic rings. The molecule has 3 N–H and O–H groups in total. The quantitative estimate of drug-likeness (QED) is 0.827. The molecule has 1 saturated heterocycles. The van der Waals surface area contributed by atoms with Gasteiger partial charge in [0.1, 0.15) is 5.82 Å². The minimum atomic E-state index is -0.476. The van der Waals surface area contributed by atoms with E-state index in [-0.39, 0.29) is 23.7 Å². The first-order chi connectivity index (χ1) is 9.78. The molecule has 0 aliphatic carbocycles. The maximum absolute atomic E-state index is 13.6. The molecule has 1 aliphatic heterocycles. The van der Waals surface area contributed by atoms with Gasteiger partial charge in [-0.1, -0.05) is 0 Å². The van der Waals surface area contributed by atoms with Gasteiger partial charge in [-0.15, -0.1) is 0 Å². The van der Waals surface area contributed by atoms with Crippen molar-refractivity contribution in [3.8, 4) is 0 Å². The standard InChI is InChI=1S/C15H23FN4O/c1-15(2)10-20(7-6-19(15)3)9-14(21)18-13-8-11(17)4-5-12(13)16/h4-5,8H,6-7,9-10,17H2,1-3H3,(H,18,21). The largest absolute Gasteiger partial charge is 0.399 e. The number of carbonyl (C=O) groups is 1. The fraction of sp³-hybridized carbons (Fsp3) is 0.533. The van der Waals surface area contributed by atoms with Crippen LogP contribution < -0.4 is 11.1 Å². The summed E-state index contributed by atoms with van der Waals surface area (Å²) in [5, 5.41) is 2.59. The molecule has 0 unspecified atom stereocenters. The van der Waals surface area contributed by atoms with E-state index in [2.05, 4.69) is 36.0 Å². The van der Waals surface area contributed by atoms with Crippen LogP contribution in [0.1, 0.15) is 13.8 Å². The molecule has 1 fully saturated rings. The van der Waals surface area contributed by atoms with Crippen LogP contribution in [0, 0.1) is 5.82 Å². The van der Waals surface area contributed by atoms with Gasteiger partial charge in [-0.05, 0) is 39.1 Å². The Morgan fingerprint density at radius 3 is 2.81 bits per heavy atom. The monoisotopic (exact) mass is 294 g/mol. The van der Waals surface area contributed by atoms with Crippen LogP contribution in [-0.2, 0) is 4.79 Å². The molecule has 0 bridgehead atoms. The van der Waals surface area contributed by atoms with E-state index in [4.69, 9.17) is 5.73 Å². The van der Waals surface area contributed by atoms with Crippen molar-refractivity contribution in [1.29, 1.82) is 0 Å². The number of carbonyl (C=O) groups excluding carboxylic acids is 1. The van der Waals surface area contributed by atoms with E-state index in [1.54, 1.807) is 0 Å². The van der Waals surface area contributed by atoms with Crippen molar-refractivity contribution in [1.82, 2.24) is 9.80 Å². The summed E-state index contributed by atoms with van der Waals surface area (Å²) < 4.78 is 13.6. The third-order valence-corrected chi connectivity index (χ3v) is 4.03. The van der Waals surface area contributed by atoms with Gasteiger partial charge >= 0.3 is 0 Å². The zero-order chi connectivity index (χ0) is 15.6. The number of nitrogens with zero attached hydrogens (tertiary/aromatic N) is 2. The summed E-state index contributed by atoms with van der Waals surface area (Å²) in [6, 6.07) is 4.15. The second kappa shape index (κ2) is 5.99. The summed E-state index contributed by atoms with van der Waals surface area (Å²) in [5.41, 5.74) is 6.19. The van der Waals surface area contributed by atoms with Crippen LogP contribution in [0.4, 0.5) is 15.8 Å². The van der Waals surface area contributed by atoms with Gasteiger partial charge in [0.05, 0.1) is 12.2 Å². The minimum absolute atomic E-state index is 0.0287. The van der Waals surface area contributed by atoms with Crippen LogP contribution in [0.15, 0.2) is 18.2 Å². The zero-order valence-corrected chi connectivity index (χ0v) is 12.8. The highest BCUT2D eigenvalue weighted by molar-refractivity contribution is 5.92. The summed E-state index contributed by atoms with van der Waals surface area (Å²) in [5.74, 6) is -0.698. The Labute approximate surface area is 124 Å². The van der Waals surface area contributed by atoms with Crippen molar-refractivity contribution in [2.45, 2.75) is 19.4 Å². The highest BCUT2D eigenvalue weighted by atomic mass is 19.1. The number of benzene rings is 1. The van der Waals surface area contributed by atoms with E-state index >= 15 is 0 Å². The van der Waals surface area contributed by atoms with Crippen LogP contribution in [0.5, 0.6) is 0 Å². The molecule has 0 spiro atoms. The third-order valence-electron chi connectivity index (χ3n) is 4.03. The number of piperazine rings is 1. The Bertz CT molecular complexity index is 532. The van der Waals surface area contributed by atoms with Gasteiger partial charge in [0, 0.05) is 30.9 Å². The fourth-order valence-corrected chi connectivity index (χ4v) is 2.51. The molecule has 1 aromatic rings. The lowest BCUT2D eigenvalue weighted by molar-refractivity contribution is -0.118. The van der Waals surface area contributed by atoms with Crippen LogP contribution in [-0.4, -0.2) is 54.5 Å². The molecule has 0 atom stereocenters. The molecular weight excluding hydrogens is 271 g/mol. The Morgan fingerprint density at radius 1 is 1.43 bits per heavy atom. The van der Waals surface area contributed by atoms with Gasteiger partial charge in [-0.3, -0.25) is 14.6 Å². The summed E-state index contributed by atoms with van der Waals surface area (Å²) in [7, 11) is 2.08. The Hall–Kier alpha value is -1.66. The van der Waals surface area contributed by atoms with E-state index in [1.165, 1.54) is 18.2 Å². The van der Waals surface area contributed by atoms with Crippen LogP contribution in [0.2, 0.25) is 0 Å². The Kier molecular flexibility index (Phi) is 4.49. The topological polar surface area (TPSA) is 61.6 Å². The number of hydrogen-bond donors (Lipinski definition) is 2. The number of nitrogen functional groups attached to an aromatic ring is 1. The number of likely N-dealkylation sites (N-methyl/N-ethyl adjacent to an activating group) is 1. The maximum atomic E-state index is 13.6. The number of hydrogen-bond acceptors (Lipinski definition) is 4. The number of anilines is 2. The van der Waals surface area contributed by atoms with Gasteiger partial charge in [-0.2, -0.15) is 0 Å². The predicted molar refractivity (Wildman–Crippen MR) is 82.6 cm³/mol. The second-order valence-corrected chi connectivity index (χ2v) is 6.23. The van der Waals surface area contributed by atoms with Crippen molar-refractivity contribution in [3.05, 3.63) is 24.0 Å². The number of amides is 1. The molecule has 116 valence electrons. The number of nitrogens with two attached hydrogens (primary N) is 1. The van der Waals surface area contributed by atoms with E-state index in [0.717, 1.165) is 19.6 Å². The lowest BCUT2D eigenvalue weighted by Crippen LogP contribution is -2.58. The molecule has 21 heavy (non-hydrogen) atoms. The minimum Gasteiger partial charge on any atom is -0.399 e. The molecule has 5 nitrogen and oxygen atoms in total. The highest BCUT2D eigenvalue weighted by Gasteiger charge is 2.31. The normalized spacial score (nSPS) is 19.4. The summed E-state index contributed by atoms with van der Waals surface area (Å²) in [4.78, 5) is 16.4. The van der Waals surface area contributed by atoms with E-state index in [1.807, 2.05) is 0 Å². The van der Waals surface area contributed by atoms with Crippen molar-refractivity contribution >= 4 is 17.3 Å². The highest BCUT2D eigenvalue weighted by Crippen LogP contribution is 2.20. The molecule has 6 heteroatoms. The SMILES string of the molecule is CN1CCN(CC(=O)Nc2cc(N)ccc2F)CC1(C)C. The van der Waals surface area contributed by atoms with Gasteiger partial charge < -0.3 is 11.1 Å². The van der Waals surface area contributed by atoms with Crippen LogP contribution in [0.25, 0.3) is 0 Å². The van der Waals surface area contributed by atoms with Crippen molar-refractivity contribution < 1.29 is 9.18 Å². The second-order valence-electron chi connectivity index (χ2n) is 6.23. The lowest BCUT2D eigenvalue weighted by Gasteiger charge is -2.45. The van der Waals surface area contributed by atoms with Gasteiger partial charge in [0.15, 0.2) is 0 Å². The predicted octanol–water partition coefficient (Wildman–Crippen LogP) is 1.37. The summed E-state index contributed by atoms with van der Waals surface area (Å²) >= 11 is 0. The molecule has 1 amide bonds. The fourth-order valence-electron chi connectivity index (χ4n) is 2.51. The van der Waals surface area contributed by atoms with E-state index < -0.39 is 5.82 Å². The van der Waals surface area contributed by atoms with Crippen molar-refractivity contribution in [2.75, 3.05) is 44.3 Å². The summed E-state index contributed by atoms with van der Waals surface area (Å²) in [6.07, 6.45) is 0. The first-order valence-corrected chi connectivity index (χ1v) is 7.06. The van der Waals surface area contributed by atoms with Crippen LogP contribution >= 0.6 is 0 Å². The number of nitrogens with one attached hydrogen (secondary N) is 1. The third kappa shape index (κ3) is 3.92. The first-order valence-electron chi connectivity index (χ1n) is 7.06. The molecular formula is C15H23FN4O. The number of rotatable bonds is 3. The molecule has 0 aromatic heterocycles. The number of halogens is 1. The smallest absolute Gasteiger partial charge is 0.238 e. The van der Waals surface area contributed by atoms with Gasteiger partial charge in [0.2, 0.25) is 5.91 Å². The molecule has 1 heterocycles. The first kappa shape index (κ1) is 15.7. The maximum Gasteiger partial charge on any atom is 0.238 e. The molecule has 0 radical (unpaired) electrons. The zero-order valence-electron chi connectivity index (χ0n) is 12.8. The Balaban J connectivity index is 1.95. The summed E-state index contributed by atoms with van der Waals surface area (Å²) in [6.45, 7) is 7.09. The van der Waals surface area contributed by atoms with Crippen molar-refractivity contribution in [3.63, 3.8) is 0 Å². The van der Waals surface area contributed by atoms with E-state index in [0.29, 0.717) is 5.69 Å². The molecule has 0 saturated carbocycles. The average Bonchev–Trinajstić information content (AvgIpc) is 2.38. The van der Waals surface area contributed by atoms with E-state index in [9.17, 15) is 9.18 Å². The molecule has 2 rings (SSSR count). The van der Waals surface area contributed by atoms with Gasteiger partial charge in [-0.25, -0.2) is 4.39 Å². The van der Waals surface area contributed by atoms with Crippen LogP contribution in [0.3, 0.4) is 0 Å². The van der Waals surface area contributed by atoms with Crippen molar-refractivity contribution in [2.24, 2.45) is 0 Å².